The first kappa shape index (κ1) is 24.5. The Hall–Kier alpha value is -1.48. The van der Waals surface area contributed by atoms with Crippen molar-refractivity contribution in [2.24, 2.45) is 4.99 Å². The molecule has 1 aromatic carbocycles. The third-order valence-corrected chi connectivity index (χ3v) is 3.88. The zero-order valence-electron chi connectivity index (χ0n) is 16.4. The molecule has 0 bridgehead atoms. The number of guanidine groups is 1. The number of nitrogens with zero attached hydrogens (tertiary/aromatic N) is 2. The highest BCUT2D eigenvalue weighted by atomic mass is 127. The van der Waals surface area contributed by atoms with E-state index in [2.05, 4.69) is 41.0 Å². The van der Waals surface area contributed by atoms with Crippen LogP contribution in [-0.2, 0) is 6.54 Å². The molecule has 0 aliphatic carbocycles. The first-order chi connectivity index (χ1) is 12.2. The fourth-order valence-corrected chi connectivity index (χ4v) is 2.34. The molecule has 0 radical (unpaired) electrons. The number of hydrogen-bond acceptors (Lipinski definition) is 4. The van der Waals surface area contributed by atoms with E-state index in [0.29, 0.717) is 19.7 Å². The van der Waals surface area contributed by atoms with Crippen LogP contribution in [0.2, 0.25) is 0 Å². The smallest absolute Gasteiger partial charge is 0.191 e. The van der Waals surface area contributed by atoms with Crippen molar-refractivity contribution in [2.45, 2.75) is 20.4 Å². The van der Waals surface area contributed by atoms with E-state index >= 15 is 0 Å². The maximum absolute atomic E-state index is 5.88. The molecule has 148 valence electrons. The van der Waals surface area contributed by atoms with Crippen LogP contribution in [0.4, 0.5) is 0 Å². The molecule has 0 aromatic heterocycles. The van der Waals surface area contributed by atoms with Crippen LogP contribution in [0.15, 0.2) is 35.8 Å². The van der Waals surface area contributed by atoms with Gasteiger partial charge in [0.1, 0.15) is 6.61 Å². The quantitative estimate of drug-likeness (QED) is 0.223. The van der Waals surface area contributed by atoms with E-state index in [-0.39, 0.29) is 24.0 Å². The number of hydrogen-bond donors (Lipinski definition) is 2. The van der Waals surface area contributed by atoms with E-state index in [1.807, 2.05) is 18.2 Å². The fraction of sp³-hybridized carbons (Fsp3) is 0.526. The Morgan fingerprint density at radius 3 is 2.54 bits per heavy atom. The molecule has 0 heterocycles. The molecule has 2 N–H and O–H groups in total. The van der Waals surface area contributed by atoms with Gasteiger partial charge in [-0.2, -0.15) is 0 Å². The molecule has 0 spiro atoms. The van der Waals surface area contributed by atoms with E-state index in [9.17, 15) is 0 Å². The normalized spacial score (nSPS) is 10.9. The summed E-state index contributed by atoms with van der Waals surface area (Å²) in [5.41, 5.74) is 1.09. The van der Waals surface area contributed by atoms with Crippen molar-refractivity contribution >= 4 is 29.9 Å². The van der Waals surface area contributed by atoms with E-state index in [1.54, 1.807) is 20.2 Å². The lowest BCUT2D eigenvalue weighted by atomic mass is 10.2. The lowest BCUT2D eigenvalue weighted by Crippen LogP contribution is -2.36. The monoisotopic (exact) mass is 476 g/mol. The van der Waals surface area contributed by atoms with E-state index < -0.39 is 0 Å². The predicted octanol–water partition coefficient (Wildman–Crippen LogP) is 2.88. The zero-order valence-corrected chi connectivity index (χ0v) is 18.7. The minimum absolute atomic E-state index is 0. The molecule has 26 heavy (non-hydrogen) atoms. The van der Waals surface area contributed by atoms with Gasteiger partial charge in [0.2, 0.25) is 0 Å². The van der Waals surface area contributed by atoms with E-state index in [1.165, 1.54) is 0 Å². The molecular formula is C19H33IN4O2. The largest absolute Gasteiger partial charge is 0.493 e. The van der Waals surface area contributed by atoms with Crippen LogP contribution in [0.3, 0.4) is 0 Å². The van der Waals surface area contributed by atoms with Gasteiger partial charge in [0.15, 0.2) is 17.5 Å². The summed E-state index contributed by atoms with van der Waals surface area (Å²) in [4.78, 5) is 6.49. The summed E-state index contributed by atoms with van der Waals surface area (Å²) in [6.07, 6.45) is 1.79. The van der Waals surface area contributed by atoms with Crippen molar-refractivity contribution in [2.75, 3.05) is 46.9 Å². The van der Waals surface area contributed by atoms with Gasteiger partial charge in [-0.1, -0.05) is 26.0 Å². The molecule has 0 unspecified atom stereocenters. The molecule has 0 saturated carbocycles. The summed E-state index contributed by atoms with van der Waals surface area (Å²) < 4.78 is 11.4. The van der Waals surface area contributed by atoms with Crippen molar-refractivity contribution in [1.82, 2.24) is 15.5 Å². The molecule has 6 nitrogen and oxygen atoms in total. The van der Waals surface area contributed by atoms with E-state index in [4.69, 9.17) is 9.47 Å². The Balaban J connectivity index is 0.00000625. The summed E-state index contributed by atoms with van der Waals surface area (Å²) in [5.74, 6) is 2.25. The average molecular weight is 476 g/mol. The van der Waals surface area contributed by atoms with Crippen molar-refractivity contribution in [3.05, 3.63) is 36.4 Å². The molecule has 0 aliphatic rings. The highest BCUT2D eigenvalue weighted by Crippen LogP contribution is 2.28. The van der Waals surface area contributed by atoms with Crippen molar-refractivity contribution in [3.63, 3.8) is 0 Å². The van der Waals surface area contributed by atoms with Gasteiger partial charge in [0.05, 0.1) is 7.11 Å². The first-order valence-electron chi connectivity index (χ1n) is 8.75. The van der Waals surface area contributed by atoms with Crippen LogP contribution in [-0.4, -0.2) is 57.8 Å². The third-order valence-electron chi connectivity index (χ3n) is 3.88. The number of benzene rings is 1. The summed E-state index contributed by atoms with van der Waals surface area (Å²) in [5, 5.41) is 6.39. The fourth-order valence-electron chi connectivity index (χ4n) is 2.34. The summed E-state index contributed by atoms with van der Waals surface area (Å²) in [7, 11) is 3.40. The maximum Gasteiger partial charge on any atom is 0.191 e. The van der Waals surface area contributed by atoms with Gasteiger partial charge in [-0.25, -0.2) is 0 Å². The number of ether oxygens (including phenoxy) is 2. The maximum atomic E-state index is 5.88. The molecule has 0 amide bonds. The summed E-state index contributed by atoms with van der Waals surface area (Å²) in [6, 6.07) is 5.97. The molecule has 0 aliphatic heterocycles. The Morgan fingerprint density at radius 1 is 1.23 bits per heavy atom. The standard InChI is InChI=1S/C19H32N4O2.HI/c1-6-11-21-19(20-4)22-15-16-9-10-17(18(14-16)24-5)25-13-12-23(7-2)8-3;/h6,9-10,14H,1,7-8,11-13,15H2,2-5H3,(H2,20,21,22);1H. The van der Waals surface area contributed by atoms with Crippen LogP contribution in [0.25, 0.3) is 0 Å². The average Bonchev–Trinajstić information content (AvgIpc) is 2.66. The third kappa shape index (κ3) is 8.75. The Morgan fingerprint density at radius 2 is 1.96 bits per heavy atom. The number of rotatable bonds is 11. The second-order valence-corrected chi connectivity index (χ2v) is 5.46. The number of methoxy groups -OCH3 is 1. The van der Waals surface area contributed by atoms with Crippen LogP contribution in [0, 0.1) is 0 Å². The molecule has 0 atom stereocenters. The molecule has 1 rings (SSSR count). The van der Waals surface area contributed by atoms with Gasteiger partial charge in [-0.3, -0.25) is 4.99 Å². The Labute approximate surface area is 175 Å². The predicted molar refractivity (Wildman–Crippen MR) is 120 cm³/mol. The number of nitrogens with one attached hydrogen (secondary N) is 2. The van der Waals surface area contributed by atoms with Gasteiger partial charge >= 0.3 is 0 Å². The molecule has 0 fully saturated rings. The highest BCUT2D eigenvalue weighted by Gasteiger charge is 2.07. The molecular weight excluding hydrogens is 443 g/mol. The van der Waals surface area contributed by atoms with Crippen LogP contribution < -0.4 is 20.1 Å². The van der Waals surface area contributed by atoms with Gasteiger partial charge in [-0.15, -0.1) is 30.6 Å². The lowest BCUT2D eigenvalue weighted by molar-refractivity contribution is 0.217. The summed E-state index contributed by atoms with van der Waals surface area (Å²) in [6.45, 7) is 12.9. The van der Waals surface area contributed by atoms with Crippen molar-refractivity contribution in [1.29, 1.82) is 0 Å². The van der Waals surface area contributed by atoms with Gasteiger partial charge in [0.25, 0.3) is 0 Å². The van der Waals surface area contributed by atoms with Gasteiger partial charge in [-0.05, 0) is 30.8 Å². The summed E-state index contributed by atoms with van der Waals surface area (Å²) >= 11 is 0. The number of likely N-dealkylation sites (N-methyl/N-ethyl adjacent to an activating group) is 1. The zero-order chi connectivity index (χ0) is 18.5. The van der Waals surface area contributed by atoms with Gasteiger partial charge < -0.3 is 25.0 Å². The Bertz CT molecular complexity index is 548. The topological polar surface area (TPSA) is 58.1 Å². The minimum atomic E-state index is 0. The Kier molecular flexibility index (Phi) is 13.8. The minimum Gasteiger partial charge on any atom is -0.493 e. The number of halogens is 1. The SMILES string of the molecule is C=CCNC(=NC)NCc1ccc(OCCN(CC)CC)c(OC)c1.I. The van der Waals surface area contributed by atoms with E-state index in [0.717, 1.165) is 42.7 Å². The second-order valence-electron chi connectivity index (χ2n) is 5.46. The molecule has 0 saturated heterocycles. The van der Waals surface area contributed by atoms with Crippen LogP contribution in [0.1, 0.15) is 19.4 Å². The van der Waals surface area contributed by atoms with Crippen molar-refractivity contribution < 1.29 is 9.47 Å². The lowest BCUT2D eigenvalue weighted by Gasteiger charge is -2.19. The highest BCUT2D eigenvalue weighted by molar-refractivity contribution is 14.0. The molecule has 1 aromatic rings. The first-order valence-corrected chi connectivity index (χ1v) is 8.75. The van der Waals surface area contributed by atoms with Gasteiger partial charge in [0, 0.05) is 26.7 Å². The number of aliphatic imine (C=N–C) groups is 1. The second kappa shape index (κ2) is 14.7. The van der Waals surface area contributed by atoms with Crippen LogP contribution in [0.5, 0.6) is 11.5 Å². The van der Waals surface area contributed by atoms with Crippen molar-refractivity contribution in [3.8, 4) is 11.5 Å². The molecule has 7 heteroatoms. The van der Waals surface area contributed by atoms with Crippen LogP contribution >= 0.6 is 24.0 Å².